The average Bonchev–Trinajstić information content (AvgIpc) is 2.72. The molecule has 0 aliphatic carbocycles. The number of benzene rings is 1. The molecule has 1 unspecified atom stereocenters. The SMILES string of the molecule is COC(=O)c1ccc(CNS(=O)(=O)[N+]2(c3cccnc3)C[C@@H](C)N[C@@H](C)C2)cc1. The molecular weight excluding hydrogens is 392 g/mol. The lowest BCUT2D eigenvalue weighted by atomic mass is 10.1. The first-order valence-corrected chi connectivity index (χ1v) is 10.9. The zero-order valence-electron chi connectivity index (χ0n) is 16.8. The van der Waals surface area contributed by atoms with Crippen LogP contribution >= 0.6 is 0 Å². The van der Waals surface area contributed by atoms with Crippen molar-refractivity contribution in [2.45, 2.75) is 32.5 Å². The summed E-state index contributed by atoms with van der Waals surface area (Å²) in [6, 6.07) is 10.3. The molecule has 0 radical (unpaired) electrons. The number of methoxy groups -OCH3 is 1. The predicted octanol–water partition coefficient (Wildman–Crippen LogP) is 1.59. The molecule has 2 aromatic rings. The molecule has 0 amide bonds. The summed E-state index contributed by atoms with van der Waals surface area (Å²) in [6.45, 7) is 4.89. The van der Waals surface area contributed by atoms with E-state index < -0.39 is 16.2 Å². The predicted molar refractivity (Wildman–Crippen MR) is 111 cm³/mol. The second kappa shape index (κ2) is 8.58. The van der Waals surface area contributed by atoms with Gasteiger partial charge in [0.1, 0.15) is 13.1 Å². The van der Waals surface area contributed by atoms with Crippen LogP contribution in [0.15, 0.2) is 48.8 Å². The number of hydrogen-bond acceptors (Lipinski definition) is 6. The number of hydrogen-bond donors (Lipinski definition) is 2. The minimum absolute atomic E-state index is 0.0230. The first kappa shape index (κ1) is 21.4. The van der Waals surface area contributed by atoms with Crippen LogP contribution in [0.1, 0.15) is 29.8 Å². The van der Waals surface area contributed by atoms with Crippen LogP contribution < -0.4 is 13.9 Å². The van der Waals surface area contributed by atoms with Crippen molar-refractivity contribution >= 4 is 21.9 Å². The van der Waals surface area contributed by atoms with Gasteiger partial charge in [0.05, 0.1) is 31.0 Å². The maximum atomic E-state index is 13.5. The lowest BCUT2D eigenvalue weighted by Crippen LogP contribution is -2.70. The van der Waals surface area contributed by atoms with E-state index in [1.54, 1.807) is 42.7 Å². The van der Waals surface area contributed by atoms with Crippen molar-refractivity contribution in [3.8, 4) is 0 Å². The van der Waals surface area contributed by atoms with E-state index in [2.05, 4.69) is 19.8 Å². The molecular formula is C20H27N4O4S+. The second-order valence-corrected chi connectivity index (χ2v) is 9.36. The highest BCUT2D eigenvalue weighted by Crippen LogP contribution is 2.30. The number of pyridine rings is 1. The number of carbonyl (C=O) groups is 1. The molecule has 1 aliphatic heterocycles. The van der Waals surface area contributed by atoms with Crippen LogP contribution in [0, 0.1) is 0 Å². The van der Waals surface area contributed by atoms with Crippen molar-refractivity contribution in [1.29, 1.82) is 0 Å². The maximum Gasteiger partial charge on any atom is 0.375 e. The maximum absolute atomic E-state index is 13.5. The van der Waals surface area contributed by atoms with Gasteiger partial charge in [-0.05, 0) is 37.6 Å². The van der Waals surface area contributed by atoms with E-state index in [0.29, 0.717) is 24.3 Å². The standard InChI is InChI=1S/C20H27N4O4S/c1-15-13-24(14-16(2)23-15,19-5-4-10-21-12-19)29(26,27)22-11-17-6-8-18(9-7-17)20(25)28-3/h4-10,12,15-16,22-23H,11,13-14H2,1-3H3/q+1/t15-,16+,24?. The Balaban J connectivity index is 1.87. The van der Waals surface area contributed by atoms with Crippen molar-refractivity contribution in [3.63, 3.8) is 0 Å². The van der Waals surface area contributed by atoms with Crippen LogP contribution in [0.3, 0.4) is 0 Å². The quantitative estimate of drug-likeness (QED) is 0.545. The van der Waals surface area contributed by atoms with Gasteiger partial charge in [-0.25, -0.2) is 4.79 Å². The van der Waals surface area contributed by atoms with Crippen molar-refractivity contribution in [2.24, 2.45) is 0 Å². The molecule has 1 aromatic heterocycles. The molecule has 3 rings (SSSR count). The van der Waals surface area contributed by atoms with Crippen LogP contribution in [0.5, 0.6) is 0 Å². The summed E-state index contributed by atoms with van der Waals surface area (Å²) in [7, 11) is -2.46. The van der Waals surface area contributed by atoms with E-state index in [0.717, 1.165) is 5.56 Å². The molecule has 0 saturated carbocycles. The zero-order valence-corrected chi connectivity index (χ0v) is 17.6. The number of piperazine rings is 1. The van der Waals surface area contributed by atoms with Gasteiger partial charge >= 0.3 is 16.2 Å². The van der Waals surface area contributed by atoms with Crippen molar-refractivity contribution in [2.75, 3.05) is 20.2 Å². The van der Waals surface area contributed by atoms with Crippen LogP contribution in [-0.2, 0) is 21.5 Å². The van der Waals surface area contributed by atoms with Gasteiger partial charge in [-0.15, -0.1) is 0 Å². The first-order chi connectivity index (χ1) is 13.8. The van der Waals surface area contributed by atoms with Crippen LogP contribution in [0.2, 0.25) is 0 Å². The van der Waals surface area contributed by atoms with Gasteiger partial charge in [0, 0.05) is 18.8 Å². The van der Waals surface area contributed by atoms with Gasteiger partial charge in [-0.2, -0.15) is 17.0 Å². The molecule has 0 spiro atoms. The van der Waals surface area contributed by atoms with Crippen LogP contribution in [0.25, 0.3) is 0 Å². The molecule has 2 N–H and O–H groups in total. The molecule has 2 heterocycles. The van der Waals surface area contributed by atoms with Crippen LogP contribution in [0.4, 0.5) is 5.69 Å². The smallest absolute Gasteiger partial charge is 0.375 e. The third kappa shape index (κ3) is 4.48. The normalized spacial score (nSPS) is 24.8. The van der Waals surface area contributed by atoms with E-state index in [1.165, 1.54) is 7.11 Å². The highest BCUT2D eigenvalue weighted by atomic mass is 32.2. The topological polar surface area (TPSA) is 97.4 Å². The molecule has 1 aromatic carbocycles. The Hall–Kier alpha value is -2.33. The molecule has 156 valence electrons. The number of quaternary nitrogens is 1. The van der Waals surface area contributed by atoms with Gasteiger partial charge in [0.25, 0.3) is 0 Å². The number of rotatable bonds is 6. The number of esters is 1. The van der Waals surface area contributed by atoms with Crippen molar-refractivity contribution < 1.29 is 17.9 Å². The summed E-state index contributed by atoms with van der Waals surface area (Å²) < 4.78 is 34.3. The van der Waals surface area contributed by atoms with Crippen LogP contribution in [-0.4, -0.2) is 51.7 Å². The van der Waals surface area contributed by atoms with E-state index >= 15 is 0 Å². The summed E-state index contributed by atoms with van der Waals surface area (Å²) in [5.41, 5.74) is 1.81. The summed E-state index contributed by atoms with van der Waals surface area (Å²) >= 11 is 0. The summed E-state index contributed by atoms with van der Waals surface area (Å²) in [5.74, 6) is -0.429. The average molecular weight is 420 g/mol. The molecule has 0 bridgehead atoms. The van der Waals surface area contributed by atoms with E-state index in [9.17, 15) is 13.2 Å². The lowest BCUT2D eigenvalue weighted by Gasteiger charge is -2.43. The molecule has 1 saturated heterocycles. The minimum Gasteiger partial charge on any atom is -0.465 e. The van der Waals surface area contributed by atoms with Gasteiger partial charge in [-0.1, -0.05) is 12.1 Å². The Kier molecular flexibility index (Phi) is 6.33. The molecule has 9 heteroatoms. The molecule has 1 fully saturated rings. The second-order valence-electron chi connectivity index (χ2n) is 7.42. The zero-order chi connectivity index (χ0) is 21.1. The Morgan fingerprint density at radius 1 is 1.21 bits per heavy atom. The Morgan fingerprint density at radius 3 is 2.41 bits per heavy atom. The number of aromatic nitrogens is 1. The number of nitrogens with zero attached hydrogens (tertiary/aromatic N) is 2. The summed E-state index contributed by atoms with van der Waals surface area (Å²) in [4.78, 5) is 15.7. The molecule has 1 aliphatic rings. The third-order valence-electron chi connectivity index (χ3n) is 5.12. The van der Waals surface area contributed by atoms with E-state index in [4.69, 9.17) is 0 Å². The molecule has 3 atom stereocenters. The molecule has 8 nitrogen and oxygen atoms in total. The molecule has 29 heavy (non-hydrogen) atoms. The highest BCUT2D eigenvalue weighted by molar-refractivity contribution is 7.89. The first-order valence-electron chi connectivity index (χ1n) is 9.48. The van der Waals surface area contributed by atoms with Gasteiger partial charge < -0.3 is 10.1 Å². The van der Waals surface area contributed by atoms with Gasteiger partial charge in [-0.3, -0.25) is 4.98 Å². The van der Waals surface area contributed by atoms with Crippen molar-refractivity contribution in [1.82, 2.24) is 18.9 Å². The Labute approximate surface area is 171 Å². The monoisotopic (exact) mass is 419 g/mol. The fourth-order valence-corrected chi connectivity index (χ4v) is 5.69. The fraction of sp³-hybridized carbons (Fsp3) is 0.400. The fourth-order valence-electron chi connectivity index (χ4n) is 3.87. The third-order valence-corrected chi connectivity index (χ3v) is 7.06. The van der Waals surface area contributed by atoms with E-state index in [1.807, 2.05) is 19.9 Å². The van der Waals surface area contributed by atoms with Gasteiger partial charge in [0.15, 0.2) is 5.69 Å². The number of ether oxygens (including phenoxy) is 1. The van der Waals surface area contributed by atoms with Gasteiger partial charge in [0.2, 0.25) is 0 Å². The summed E-state index contributed by atoms with van der Waals surface area (Å²) in [5, 5.41) is 3.40. The van der Waals surface area contributed by atoms with Crippen molar-refractivity contribution in [3.05, 3.63) is 59.9 Å². The number of carbonyl (C=O) groups excluding carboxylic acids is 1. The lowest BCUT2D eigenvalue weighted by molar-refractivity contribution is 0.0600. The Bertz CT molecular complexity index is 938. The summed E-state index contributed by atoms with van der Waals surface area (Å²) in [6.07, 6.45) is 3.26. The highest BCUT2D eigenvalue weighted by Gasteiger charge is 2.49. The minimum atomic E-state index is -3.78. The number of nitrogens with one attached hydrogen (secondary N) is 2. The Morgan fingerprint density at radius 2 is 1.86 bits per heavy atom. The van der Waals surface area contributed by atoms with E-state index in [-0.39, 0.29) is 22.5 Å². The largest absolute Gasteiger partial charge is 0.465 e.